The summed E-state index contributed by atoms with van der Waals surface area (Å²) >= 11 is 0. The highest BCUT2D eigenvalue weighted by atomic mass is 14.0. The monoisotopic (exact) mass is 128 g/mol. The molecule has 48 valence electrons. The summed E-state index contributed by atoms with van der Waals surface area (Å²) in [4.78, 5) is 0. The van der Waals surface area contributed by atoms with Crippen LogP contribution in [0.2, 0.25) is 0 Å². The Bertz CT molecular complexity index is 270. The molecule has 0 spiro atoms. The van der Waals surface area contributed by atoms with Crippen molar-refractivity contribution in [2.24, 2.45) is 0 Å². The van der Waals surface area contributed by atoms with E-state index in [0.29, 0.717) is 0 Å². The van der Waals surface area contributed by atoms with E-state index in [0.717, 1.165) is 0 Å². The number of rotatable bonds is 1. The first-order chi connectivity index (χ1) is 4.95. The van der Waals surface area contributed by atoms with Crippen LogP contribution in [0.25, 0.3) is 6.08 Å². The zero-order valence-corrected chi connectivity index (χ0v) is 5.62. The van der Waals surface area contributed by atoms with E-state index in [1.54, 1.807) is 0 Å². The molecule has 0 atom stereocenters. The first-order valence-corrected chi connectivity index (χ1v) is 3.40. The summed E-state index contributed by atoms with van der Waals surface area (Å²) in [5.74, 6) is 0. The van der Waals surface area contributed by atoms with Crippen molar-refractivity contribution < 1.29 is 0 Å². The summed E-state index contributed by atoms with van der Waals surface area (Å²) in [5.41, 5.74) is 2.62. The fourth-order valence-electron chi connectivity index (χ4n) is 0.886. The van der Waals surface area contributed by atoms with E-state index in [4.69, 9.17) is 0 Å². The van der Waals surface area contributed by atoms with Gasteiger partial charge in [-0.05, 0) is 17.2 Å². The lowest BCUT2D eigenvalue weighted by molar-refractivity contribution is 1.66. The van der Waals surface area contributed by atoms with Gasteiger partial charge < -0.3 is 0 Å². The zero-order chi connectivity index (χ0) is 6.81. The van der Waals surface area contributed by atoms with Crippen molar-refractivity contribution in [3.05, 3.63) is 53.6 Å². The Hall–Kier alpha value is -1.30. The largest absolute Gasteiger partial charge is 0.0622 e. The number of hydrogen-bond acceptors (Lipinski definition) is 0. The molecule has 0 heterocycles. The average Bonchev–Trinajstić information content (AvgIpc) is 2.74. The molecule has 10 heavy (non-hydrogen) atoms. The maximum absolute atomic E-state index is 2.17. The van der Waals surface area contributed by atoms with Crippen LogP contribution in [0.3, 0.4) is 0 Å². The Morgan fingerprint density at radius 2 is 1.60 bits per heavy atom. The van der Waals surface area contributed by atoms with E-state index < -0.39 is 0 Å². The molecule has 1 aromatic carbocycles. The molecule has 0 unspecified atom stereocenters. The molecule has 0 saturated carbocycles. The molecule has 0 bridgehead atoms. The Kier molecular flexibility index (Phi) is 1.17. The van der Waals surface area contributed by atoms with Crippen LogP contribution in [0, 0.1) is 0 Å². The summed E-state index contributed by atoms with van der Waals surface area (Å²) in [6, 6.07) is 10.3. The van der Waals surface area contributed by atoms with Gasteiger partial charge in [0, 0.05) is 0 Å². The van der Waals surface area contributed by atoms with Gasteiger partial charge in [-0.15, -0.1) is 0 Å². The molecule has 1 aromatic rings. The van der Waals surface area contributed by atoms with Crippen molar-refractivity contribution in [1.29, 1.82) is 0 Å². The van der Waals surface area contributed by atoms with E-state index in [1.165, 1.54) is 11.1 Å². The van der Waals surface area contributed by atoms with Gasteiger partial charge in [0.15, 0.2) is 0 Å². The lowest BCUT2D eigenvalue weighted by Crippen LogP contribution is -1.66. The second-order valence-electron chi connectivity index (χ2n) is 2.39. The lowest BCUT2D eigenvalue weighted by atomic mass is 10.2. The first-order valence-electron chi connectivity index (χ1n) is 3.40. The van der Waals surface area contributed by atoms with E-state index >= 15 is 0 Å². The van der Waals surface area contributed by atoms with Crippen LogP contribution >= 0.6 is 0 Å². The van der Waals surface area contributed by atoms with Gasteiger partial charge in [0.1, 0.15) is 0 Å². The van der Waals surface area contributed by atoms with Crippen molar-refractivity contribution in [2.45, 2.75) is 0 Å². The topological polar surface area (TPSA) is 0 Å². The molecule has 1 aliphatic rings. The molecular weight excluding hydrogens is 120 g/mol. The highest BCUT2D eigenvalue weighted by Gasteiger charge is 1.96. The van der Waals surface area contributed by atoms with Crippen LogP contribution < -0.4 is 0 Å². The second kappa shape index (κ2) is 2.14. The first kappa shape index (κ1) is 5.48. The molecule has 0 saturated heterocycles. The molecule has 0 amide bonds. The van der Waals surface area contributed by atoms with Crippen LogP contribution in [0.15, 0.2) is 48.1 Å². The van der Waals surface area contributed by atoms with Crippen LogP contribution in [0.1, 0.15) is 5.56 Å². The standard InChI is InChI=1S/C10H8/c1-2-4-9(5-3-1)8-10-6-7-10/h1-8H. The van der Waals surface area contributed by atoms with E-state index in [9.17, 15) is 0 Å². The third kappa shape index (κ3) is 1.16. The average molecular weight is 128 g/mol. The van der Waals surface area contributed by atoms with Crippen molar-refractivity contribution in [3.8, 4) is 0 Å². The number of allylic oxidation sites excluding steroid dienone is 3. The number of hydrogen-bond donors (Lipinski definition) is 0. The normalized spacial score (nSPS) is 13.4. The van der Waals surface area contributed by atoms with Gasteiger partial charge in [-0.25, -0.2) is 0 Å². The number of benzene rings is 1. The van der Waals surface area contributed by atoms with Crippen LogP contribution in [-0.4, -0.2) is 0 Å². The second-order valence-corrected chi connectivity index (χ2v) is 2.39. The Morgan fingerprint density at radius 3 is 2.20 bits per heavy atom. The Morgan fingerprint density at radius 1 is 0.900 bits per heavy atom. The minimum absolute atomic E-state index is 1.28. The van der Waals surface area contributed by atoms with Crippen molar-refractivity contribution in [1.82, 2.24) is 0 Å². The van der Waals surface area contributed by atoms with E-state index in [1.807, 2.05) is 6.07 Å². The van der Waals surface area contributed by atoms with Gasteiger partial charge in [-0.3, -0.25) is 0 Å². The van der Waals surface area contributed by atoms with E-state index in [2.05, 4.69) is 42.5 Å². The third-order valence-corrected chi connectivity index (χ3v) is 1.49. The molecule has 2 rings (SSSR count). The summed E-state index contributed by atoms with van der Waals surface area (Å²) in [5, 5.41) is 0. The molecule has 0 nitrogen and oxygen atoms in total. The summed E-state index contributed by atoms with van der Waals surface area (Å²) < 4.78 is 0. The van der Waals surface area contributed by atoms with Crippen molar-refractivity contribution in [2.75, 3.05) is 0 Å². The highest BCUT2D eigenvalue weighted by molar-refractivity contribution is 5.66. The maximum atomic E-state index is 2.17. The van der Waals surface area contributed by atoms with Crippen LogP contribution in [-0.2, 0) is 0 Å². The third-order valence-electron chi connectivity index (χ3n) is 1.49. The smallest absolute Gasteiger partial charge is 0.0250 e. The molecule has 0 aromatic heterocycles. The van der Waals surface area contributed by atoms with Gasteiger partial charge >= 0.3 is 0 Å². The van der Waals surface area contributed by atoms with Gasteiger partial charge in [0.2, 0.25) is 0 Å². The maximum Gasteiger partial charge on any atom is -0.0250 e. The van der Waals surface area contributed by atoms with E-state index in [-0.39, 0.29) is 0 Å². The fourth-order valence-corrected chi connectivity index (χ4v) is 0.886. The molecule has 0 radical (unpaired) electrons. The fraction of sp³-hybridized carbons (Fsp3) is 0. The van der Waals surface area contributed by atoms with Gasteiger partial charge in [-0.2, -0.15) is 0 Å². The van der Waals surface area contributed by atoms with Crippen molar-refractivity contribution >= 4 is 6.08 Å². The van der Waals surface area contributed by atoms with Crippen molar-refractivity contribution in [3.63, 3.8) is 0 Å². The Balaban J connectivity index is 2.27. The SMILES string of the molecule is C1=CC1=Cc1ccccc1. The summed E-state index contributed by atoms with van der Waals surface area (Å²) in [6.07, 6.45) is 6.38. The van der Waals surface area contributed by atoms with Crippen LogP contribution in [0.5, 0.6) is 0 Å². The van der Waals surface area contributed by atoms with Gasteiger partial charge in [0.05, 0.1) is 0 Å². The van der Waals surface area contributed by atoms with Crippen LogP contribution in [0.4, 0.5) is 0 Å². The molecule has 0 aliphatic heterocycles. The molecule has 0 fully saturated rings. The van der Waals surface area contributed by atoms with Gasteiger partial charge in [-0.1, -0.05) is 42.5 Å². The molecular formula is C10H8. The molecule has 0 N–H and O–H groups in total. The quantitative estimate of drug-likeness (QED) is 0.545. The summed E-state index contributed by atoms with van der Waals surface area (Å²) in [6.45, 7) is 0. The summed E-state index contributed by atoms with van der Waals surface area (Å²) in [7, 11) is 0. The lowest BCUT2D eigenvalue weighted by Gasteiger charge is -1.87. The predicted molar refractivity (Wildman–Crippen MR) is 43.6 cm³/mol. The molecule has 1 aliphatic carbocycles. The minimum Gasteiger partial charge on any atom is -0.0622 e. The highest BCUT2D eigenvalue weighted by Crippen LogP contribution is 2.17. The minimum atomic E-state index is 1.28. The molecule has 0 heteroatoms. The van der Waals surface area contributed by atoms with Gasteiger partial charge in [0.25, 0.3) is 0 Å². The zero-order valence-electron chi connectivity index (χ0n) is 5.62. The Labute approximate surface area is 60.5 Å². The predicted octanol–water partition coefficient (Wildman–Crippen LogP) is 2.64.